The van der Waals surface area contributed by atoms with Crippen molar-refractivity contribution in [3.63, 3.8) is 0 Å². The van der Waals surface area contributed by atoms with Crippen molar-refractivity contribution in [2.24, 2.45) is 0 Å². The standard InChI is InChI=1S/C16H23N3S/c1-5-8-17-16-15(11(2)3)12(4)18-14(19-16)10-13-7-6-9-20-13/h6-7,9,11H,5,8,10H2,1-4H3,(H,17,18,19). The number of nitrogens with one attached hydrogen (secondary N) is 1. The molecule has 0 spiro atoms. The summed E-state index contributed by atoms with van der Waals surface area (Å²) in [6.45, 7) is 9.60. The summed E-state index contributed by atoms with van der Waals surface area (Å²) in [7, 11) is 0. The van der Waals surface area contributed by atoms with Gasteiger partial charge in [-0.3, -0.25) is 0 Å². The highest BCUT2D eigenvalue weighted by Crippen LogP contribution is 2.26. The molecule has 0 saturated carbocycles. The Balaban J connectivity index is 2.32. The normalized spacial score (nSPS) is 11.1. The highest BCUT2D eigenvalue weighted by atomic mass is 32.1. The molecule has 1 N–H and O–H groups in total. The second-order valence-electron chi connectivity index (χ2n) is 5.33. The monoisotopic (exact) mass is 289 g/mol. The topological polar surface area (TPSA) is 37.8 Å². The smallest absolute Gasteiger partial charge is 0.136 e. The Morgan fingerprint density at radius 2 is 2.10 bits per heavy atom. The van der Waals surface area contributed by atoms with Crippen LogP contribution in [0.2, 0.25) is 0 Å². The van der Waals surface area contributed by atoms with Crippen LogP contribution in [0.1, 0.15) is 55.1 Å². The molecule has 20 heavy (non-hydrogen) atoms. The van der Waals surface area contributed by atoms with Crippen LogP contribution in [-0.4, -0.2) is 16.5 Å². The van der Waals surface area contributed by atoms with E-state index in [0.717, 1.165) is 36.7 Å². The van der Waals surface area contributed by atoms with Crippen molar-refractivity contribution in [1.29, 1.82) is 0 Å². The van der Waals surface area contributed by atoms with Crippen LogP contribution in [0.4, 0.5) is 5.82 Å². The van der Waals surface area contributed by atoms with Gasteiger partial charge in [0.1, 0.15) is 11.6 Å². The minimum Gasteiger partial charge on any atom is -0.370 e. The first-order valence-corrected chi connectivity index (χ1v) is 8.13. The van der Waals surface area contributed by atoms with Gasteiger partial charge in [-0.05, 0) is 30.7 Å². The van der Waals surface area contributed by atoms with E-state index >= 15 is 0 Å². The Labute approximate surface area is 125 Å². The summed E-state index contributed by atoms with van der Waals surface area (Å²) < 4.78 is 0. The van der Waals surface area contributed by atoms with Crippen LogP contribution in [0.5, 0.6) is 0 Å². The largest absolute Gasteiger partial charge is 0.370 e. The minimum absolute atomic E-state index is 0.435. The lowest BCUT2D eigenvalue weighted by Crippen LogP contribution is -2.12. The van der Waals surface area contributed by atoms with E-state index in [1.165, 1.54) is 10.4 Å². The average molecular weight is 289 g/mol. The molecule has 3 nitrogen and oxygen atoms in total. The fourth-order valence-electron chi connectivity index (χ4n) is 2.36. The third-order valence-corrected chi connectivity index (χ3v) is 4.09. The molecule has 0 amide bonds. The zero-order chi connectivity index (χ0) is 14.5. The molecule has 108 valence electrons. The zero-order valence-corrected chi connectivity index (χ0v) is 13.5. The fraction of sp³-hybridized carbons (Fsp3) is 0.500. The number of aryl methyl sites for hydroxylation is 1. The van der Waals surface area contributed by atoms with Crippen LogP contribution < -0.4 is 5.32 Å². The van der Waals surface area contributed by atoms with E-state index in [2.05, 4.69) is 50.5 Å². The quantitative estimate of drug-likeness (QED) is 0.857. The molecule has 2 heterocycles. The van der Waals surface area contributed by atoms with Gasteiger partial charge < -0.3 is 5.32 Å². The minimum atomic E-state index is 0.435. The number of thiophene rings is 1. The first kappa shape index (κ1) is 15.0. The van der Waals surface area contributed by atoms with Crippen molar-refractivity contribution in [2.75, 3.05) is 11.9 Å². The van der Waals surface area contributed by atoms with E-state index in [-0.39, 0.29) is 0 Å². The lowest BCUT2D eigenvalue weighted by Gasteiger charge is -2.17. The average Bonchev–Trinajstić information content (AvgIpc) is 2.88. The predicted molar refractivity (Wildman–Crippen MR) is 86.8 cm³/mol. The summed E-state index contributed by atoms with van der Waals surface area (Å²) in [5, 5.41) is 5.56. The van der Waals surface area contributed by atoms with E-state index in [9.17, 15) is 0 Å². The molecule has 2 rings (SSSR count). The Bertz CT molecular complexity index is 547. The number of aromatic nitrogens is 2. The number of hydrogen-bond acceptors (Lipinski definition) is 4. The predicted octanol–water partition coefficient (Wildman–Crippen LogP) is 4.38. The van der Waals surface area contributed by atoms with Gasteiger partial charge in [0.05, 0.1) is 0 Å². The Kier molecular flexibility index (Phi) is 5.12. The Morgan fingerprint density at radius 1 is 1.30 bits per heavy atom. The van der Waals surface area contributed by atoms with Gasteiger partial charge in [-0.15, -0.1) is 11.3 Å². The molecule has 0 atom stereocenters. The lowest BCUT2D eigenvalue weighted by atomic mass is 10.0. The molecule has 0 aliphatic rings. The van der Waals surface area contributed by atoms with Crippen LogP contribution in [0.3, 0.4) is 0 Å². The van der Waals surface area contributed by atoms with Crippen molar-refractivity contribution in [1.82, 2.24) is 9.97 Å². The first-order valence-electron chi connectivity index (χ1n) is 7.25. The maximum Gasteiger partial charge on any atom is 0.136 e. The van der Waals surface area contributed by atoms with Crippen molar-refractivity contribution in [3.05, 3.63) is 39.5 Å². The first-order chi connectivity index (χ1) is 9.61. The summed E-state index contributed by atoms with van der Waals surface area (Å²) in [6.07, 6.45) is 1.92. The lowest BCUT2D eigenvalue weighted by molar-refractivity contribution is 0.808. The molecule has 0 aliphatic carbocycles. The van der Waals surface area contributed by atoms with Gasteiger partial charge in [0.2, 0.25) is 0 Å². The maximum atomic E-state index is 4.75. The van der Waals surface area contributed by atoms with E-state index < -0.39 is 0 Å². The molecule has 0 aliphatic heterocycles. The van der Waals surface area contributed by atoms with Crippen molar-refractivity contribution >= 4 is 17.2 Å². The number of hydrogen-bond donors (Lipinski definition) is 1. The SMILES string of the molecule is CCCNc1nc(Cc2cccs2)nc(C)c1C(C)C. The van der Waals surface area contributed by atoms with Gasteiger partial charge >= 0.3 is 0 Å². The molecule has 2 aromatic rings. The number of anilines is 1. The van der Waals surface area contributed by atoms with Crippen LogP contribution >= 0.6 is 11.3 Å². The van der Waals surface area contributed by atoms with Crippen LogP contribution in [0.25, 0.3) is 0 Å². The third kappa shape index (κ3) is 3.57. The number of nitrogens with zero attached hydrogens (tertiary/aromatic N) is 2. The van der Waals surface area contributed by atoms with E-state index in [0.29, 0.717) is 5.92 Å². The molecule has 0 aromatic carbocycles. The summed E-state index contributed by atoms with van der Waals surface area (Å²) in [5.41, 5.74) is 2.34. The highest BCUT2D eigenvalue weighted by Gasteiger charge is 2.14. The molecular formula is C16H23N3S. The molecule has 4 heteroatoms. The van der Waals surface area contributed by atoms with E-state index in [1.807, 2.05) is 0 Å². The van der Waals surface area contributed by atoms with Gasteiger partial charge in [-0.25, -0.2) is 9.97 Å². The Hall–Kier alpha value is -1.42. The third-order valence-electron chi connectivity index (χ3n) is 3.21. The van der Waals surface area contributed by atoms with Crippen LogP contribution in [0.15, 0.2) is 17.5 Å². The van der Waals surface area contributed by atoms with E-state index in [1.54, 1.807) is 11.3 Å². The van der Waals surface area contributed by atoms with Crippen molar-refractivity contribution in [2.45, 2.75) is 46.5 Å². The molecule has 0 radical (unpaired) electrons. The van der Waals surface area contributed by atoms with Gasteiger partial charge in [-0.1, -0.05) is 26.8 Å². The second kappa shape index (κ2) is 6.84. The fourth-order valence-corrected chi connectivity index (χ4v) is 3.06. The molecule has 0 bridgehead atoms. The second-order valence-corrected chi connectivity index (χ2v) is 6.36. The zero-order valence-electron chi connectivity index (χ0n) is 12.7. The molecule has 0 saturated heterocycles. The molecule has 2 aromatic heterocycles. The van der Waals surface area contributed by atoms with E-state index in [4.69, 9.17) is 9.97 Å². The summed E-state index contributed by atoms with van der Waals surface area (Å²) >= 11 is 1.76. The molecule has 0 unspecified atom stereocenters. The highest BCUT2D eigenvalue weighted by molar-refractivity contribution is 7.09. The van der Waals surface area contributed by atoms with Gasteiger partial charge in [-0.2, -0.15) is 0 Å². The summed E-state index contributed by atoms with van der Waals surface area (Å²) in [4.78, 5) is 10.8. The van der Waals surface area contributed by atoms with Crippen molar-refractivity contribution in [3.8, 4) is 0 Å². The summed E-state index contributed by atoms with van der Waals surface area (Å²) in [6, 6.07) is 4.21. The van der Waals surface area contributed by atoms with Crippen LogP contribution in [0, 0.1) is 6.92 Å². The molecule has 0 fully saturated rings. The van der Waals surface area contributed by atoms with Gasteiger partial charge in [0.15, 0.2) is 0 Å². The molecular weight excluding hydrogens is 266 g/mol. The number of rotatable bonds is 6. The van der Waals surface area contributed by atoms with Crippen molar-refractivity contribution < 1.29 is 0 Å². The summed E-state index contributed by atoms with van der Waals surface area (Å²) in [5.74, 6) is 2.36. The van der Waals surface area contributed by atoms with Gasteiger partial charge in [0.25, 0.3) is 0 Å². The maximum absolute atomic E-state index is 4.75. The van der Waals surface area contributed by atoms with Crippen LogP contribution in [-0.2, 0) is 6.42 Å². The van der Waals surface area contributed by atoms with Gasteiger partial charge in [0, 0.05) is 29.1 Å². The Morgan fingerprint density at radius 3 is 2.70 bits per heavy atom.